The number of aromatic nitrogens is 4. The molecule has 1 aliphatic rings. The summed E-state index contributed by atoms with van der Waals surface area (Å²) in [5, 5.41) is 10.5. The van der Waals surface area contributed by atoms with E-state index in [1.165, 1.54) is 16.7 Å². The lowest BCUT2D eigenvalue weighted by Crippen LogP contribution is -2.51. The standard InChI is InChI=1S/C18H19N5O/c1-11-5-4-6-12-10-23(18(2,3)9-13(11)12)17(24)15-8-7-14-16(19-15)21-22-20-14/h4-8H,9-10H2,1-3H3,(H,19,20,21,22). The van der Waals surface area contributed by atoms with E-state index in [9.17, 15) is 4.79 Å². The number of hydrogen-bond donors (Lipinski definition) is 1. The Bertz CT molecular complexity index is 943. The third-order valence-electron chi connectivity index (χ3n) is 4.82. The Balaban J connectivity index is 1.73. The predicted molar refractivity (Wildman–Crippen MR) is 90.5 cm³/mol. The number of nitrogens with one attached hydrogen (secondary N) is 1. The average molecular weight is 321 g/mol. The monoisotopic (exact) mass is 321 g/mol. The first kappa shape index (κ1) is 14.8. The van der Waals surface area contributed by atoms with E-state index in [-0.39, 0.29) is 11.4 Å². The number of hydrogen-bond acceptors (Lipinski definition) is 4. The van der Waals surface area contributed by atoms with Crippen LogP contribution in [-0.4, -0.2) is 36.7 Å². The summed E-state index contributed by atoms with van der Waals surface area (Å²) in [5.74, 6) is -0.0722. The lowest BCUT2D eigenvalue weighted by atomic mass is 9.83. The molecule has 24 heavy (non-hydrogen) atoms. The predicted octanol–water partition coefficient (Wildman–Crippen LogP) is 2.64. The Morgan fingerprint density at radius 1 is 1.21 bits per heavy atom. The molecule has 3 aromatic rings. The first-order chi connectivity index (χ1) is 11.5. The minimum Gasteiger partial charge on any atom is -0.328 e. The van der Waals surface area contributed by atoms with Gasteiger partial charge in [-0.3, -0.25) is 4.79 Å². The smallest absolute Gasteiger partial charge is 0.273 e. The number of carbonyl (C=O) groups is 1. The van der Waals surface area contributed by atoms with Gasteiger partial charge in [0.25, 0.3) is 5.91 Å². The van der Waals surface area contributed by atoms with Gasteiger partial charge in [-0.2, -0.15) is 10.3 Å². The molecule has 0 bridgehead atoms. The topological polar surface area (TPSA) is 74.8 Å². The van der Waals surface area contributed by atoms with Crippen molar-refractivity contribution in [2.75, 3.05) is 0 Å². The highest BCUT2D eigenvalue weighted by atomic mass is 16.2. The lowest BCUT2D eigenvalue weighted by Gasteiger charge is -2.43. The molecule has 0 spiro atoms. The Morgan fingerprint density at radius 2 is 2.04 bits per heavy atom. The largest absolute Gasteiger partial charge is 0.328 e. The fourth-order valence-corrected chi connectivity index (χ4v) is 3.42. The number of pyridine rings is 1. The Labute approximate surface area is 139 Å². The first-order valence-electron chi connectivity index (χ1n) is 8.02. The van der Waals surface area contributed by atoms with Crippen molar-refractivity contribution in [1.29, 1.82) is 0 Å². The molecule has 0 unspecified atom stereocenters. The van der Waals surface area contributed by atoms with E-state index in [0.29, 0.717) is 23.4 Å². The molecular formula is C18H19N5O. The lowest BCUT2D eigenvalue weighted by molar-refractivity contribution is 0.0482. The van der Waals surface area contributed by atoms with Crippen LogP contribution < -0.4 is 0 Å². The molecule has 6 nitrogen and oxygen atoms in total. The zero-order valence-electron chi connectivity index (χ0n) is 14.0. The van der Waals surface area contributed by atoms with E-state index >= 15 is 0 Å². The molecule has 1 aromatic carbocycles. The molecular weight excluding hydrogens is 302 g/mol. The van der Waals surface area contributed by atoms with Gasteiger partial charge in [0.1, 0.15) is 11.2 Å². The van der Waals surface area contributed by atoms with Crippen LogP contribution >= 0.6 is 0 Å². The molecule has 122 valence electrons. The van der Waals surface area contributed by atoms with Crippen molar-refractivity contribution in [2.45, 2.75) is 39.3 Å². The van der Waals surface area contributed by atoms with Crippen LogP contribution in [0.25, 0.3) is 11.2 Å². The molecule has 1 amide bonds. The maximum Gasteiger partial charge on any atom is 0.273 e. The zero-order valence-corrected chi connectivity index (χ0v) is 14.0. The van der Waals surface area contributed by atoms with Crippen LogP contribution in [0.4, 0.5) is 0 Å². The van der Waals surface area contributed by atoms with Gasteiger partial charge in [-0.1, -0.05) is 18.2 Å². The van der Waals surface area contributed by atoms with E-state index in [1.54, 1.807) is 12.1 Å². The van der Waals surface area contributed by atoms with Gasteiger partial charge >= 0.3 is 0 Å². The van der Waals surface area contributed by atoms with E-state index in [1.807, 2.05) is 4.90 Å². The number of fused-ring (bicyclic) bond motifs is 2. The number of amides is 1. The summed E-state index contributed by atoms with van der Waals surface area (Å²) in [6.07, 6.45) is 0.840. The number of carbonyl (C=O) groups excluding carboxylic acids is 1. The van der Waals surface area contributed by atoms with E-state index in [0.717, 1.165) is 6.42 Å². The van der Waals surface area contributed by atoms with Gasteiger partial charge in [0.2, 0.25) is 5.65 Å². The fraction of sp³-hybridized carbons (Fsp3) is 0.333. The molecule has 0 aliphatic carbocycles. The molecule has 1 N–H and O–H groups in total. The molecule has 1 aliphatic heterocycles. The Morgan fingerprint density at radius 3 is 2.88 bits per heavy atom. The quantitative estimate of drug-likeness (QED) is 0.747. The van der Waals surface area contributed by atoms with Gasteiger partial charge in [0.15, 0.2) is 0 Å². The van der Waals surface area contributed by atoms with Crippen molar-refractivity contribution in [2.24, 2.45) is 0 Å². The fourth-order valence-electron chi connectivity index (χ4n) is 3.42. The van der Waals surface area contributed by atoms with Gasteiger partial charge in [-0.05, 0) is 56.0 Å². The molecule has 0 saturated carbocycles. The number of rotatable bonds is 1. The summed E-state index contributed by atoms with van der Waals surface area (Å²) in [5.41, 5.74) is 5.11. The highest BCUT2D eigenvalue weighted by Gasteiger charge is 2.37. The summed E-state index contributed by atoms with van der Waals surface area (Å²) in [6.45, 7) is 6.94. The van der Waals surface area contributed by atoms with Gasteiger partial charge in [-0.15, -0.1) is 5.10 Å². The first-order valence-corrected chi connectivity index (χ1v) is 8.02. The van der Waals surface area contributed by atoms with E-state index in [4.69, 9.17) is 0 Å². The highest BCUT2D eigenvalue weighted by molar-refractivity contribution is 5.94. The summed E-state index contributed by atoms with van der Waals surface area (Å²) in [7, 11) is 0. The van der Waals surface area contributed by atoms with Gasteiger partial charge in [0, 0.05) is 12.1 Å². The van der Waals surface area contributed by atoms with Gasteiger partial charge < -0.3 is 4.90 Å². The highest BCUT2D eigenvalue weighted by Crippen LogP contribution is 2.33. The normalized spacial score (nSPS) is 16.2. The van der Waals surface area contributed by atoms with Gasteiger partial charge in [0.05, 0.1) is 0 Å². The van der Waals surface area contributed by atoms with E-state index in [2.05, 4.69) is 59.4 Å². The number of nitrogens with zero attached hydrogens (tertiary/aromatic N) is 4. The molecule has 3 heterocycles. The Hall–Kier alpha value is -2.76. The van der Waals surface area contributed by atoms with Crippen molar-refractivity contribution in [1.82, 2.24) is 25.3 Å². The molecule has 0 atom stereocenters. The summed E-state index contributed by atoms with van der Waals surface area (Å²) >= 11 is 0. The SMILES string of the molecule is Cc1cccc2c1CC(C)(C)N(C(=O)c1ccc3n[nH]nc3n1)C2. The second-order valence-electron chi connectivity index (χ2n) is 6.96. The molecule has 4 rings (SSSR count). The van der Waals surface area contributed by atoms with Crippen LogP contribution in [0.1, 0.15) is 41.0 Å². The minimum atomic E-state index is -0.267. The molecule has 0 saturated heterocycles. The molecule has 2 aromatic heterocycles. The summed E-state index contributed by atoms with van der Waals surface area (Å²) in [4.78, 5) is 19.3. The van der Waals surface area contributed by atoms with Crippen LogP contribution in [0, 0.1) is 6.92 Å². The molecule has 0 radical (unpaired) electrons. The van der Waals surface area contributed by atoms with Crippen molar-refractivity contribution in [3.8, 4) is 0 Å². The van der Waals surface area contributed by atoms with Crippen molar-refractivity contribution in [3.63, 3.8) is 0 Å². The molecule has 0 fully saturated rings. The average Bonchev–Trinajstić information content (AvgIpc) is 3.01. The van der Waals surface area contributed by atoms with Crippen molar-refractivity contribution >= 4 is 17.1 Å². The second kappa shape index (κ2) is 5.12. The molecule has 6 heteroatoms. The number of aromatic amines is 1. The van der Waals surface area contributed by atoms with Crippen molar-refractivity contribution in [3.05, 3.63) is 52.7 Å². The zero-order chi connectivity index (χ0) is 16.9. The summed E-state index contributed by atoms with van der Waals surface area (Å²) in [6, 6.07) is 9.77. The number of H-pyrrole nitrogens is 1. The Kier molecular flexibility index (Phi) is 3.16. The van der Waals surface area contributed by atoms with E-state index < -0.39 is 0 Å². The second-order valence-corrected chi connectivity index (χ2v) is 6.96. The van der Waals surface area contributed by atoms with Crippen LogP contribution in [0.2, 0.25) is 0 Å². The van der Waals surface area contributed by atoms with Crippen LogP contribution in [0.15, 0.2) is 30.3 Å². The third kappa shape index (κ3) is 2.26. The number of benzene rings is 1. The summed E-state index contributed by atoms with van der Waals surface area (Å²) < 4.78 is 0. The van der Waals surface area contributed by atoms with Crippen LogP contribution in [0.5, 0.6) is 0 Å². The maximum atomic E-state index is 13.1. The minimum absolute atomic E-state index is 0.0722. The van der Waals surface area contributed by atoms with Crippen molar-refractivity contribution < 1.29 is 4.79 Å². The van der Waals surface area contributed by atoms with Crippen LogP contribution in [-0.2, 0) is 13.0 Å². The maximum absolute atomic E-state index is 13.1. The number of aryl methyl sites for hydroxylation is 1. The third-order valence-corrected chi connectivity index (χ3v) is 4.82. The van der Waals surface area contributed by atoms with Gasteiger partial charge in [-0.25, -0.2) is 4.98 Å². The van der Waals surface area contributed by atoms with Crippen LogP contribution in [0.3, 0.4) is 0 Å².